The van der Waals surface area contributed by atoms with Crippen molar-refractivity contribution in [1.29, 1.82) is 0 Å². The molecule has 2 aromatic carbocycles. The summed E-state index contributed by atoms with van der Waals surface area (Å²) in [4.78, 5) is 11.7. The minimum atomic E-state index is -4.02. The van der Waals surface area contributed by atoms with Crippen LogP contribution in [0.1, 0.15) is 15.9 Å². The van der Waals surface area contributed by atoms with Crippen LogP contribution in [0.3, 0.4) is 0 Å². The highest BCUT2D eigenvalue weighted by molar-refractivity contribution is 7.92. The number of sulfonamides is 1. The van der Waals surface area contributed by atoms with E-state index in [1.807, 2.05) is 0 Å². The van der Waals surface area contributed by atoms with E-state index in [0.29, 0.717) is 5.02 Å². The molecule has 0 saturated heterocycles. The van der Waals surface area contributed by atoms with E-state index in [2.05, 4.69) is 10.0 Å². The van der Waals surface area contributed by atoms with Crippen molar-refractivity contribution in [1.82, 2.24) is 5.32 Å². The second-order valence-corrected chi connectivity index (χ2v) is 7.66. The van der Waals surface area contributed by atoms with Gasteiger partial charge < -0.3 is 10.4 Å². The number of anilines is 1. The molecule has 25 heavy (non-hydrogen) atoms. The lowest BCUT2D eigenvalue weighted by molar-refractivity contribution is 0.0944. The summed E-state index contributed by atoms with van der Waals surface area (Å²) < 4.78 is 27.6. The number of hydrogen-bond acceptors (Lipinski definition) is 4. The van der Waals surface area contributed by atoms with Crippen LogP contribution in [0.4, 0.5) is 5.69 Å². The van der Waals surface area contributed by atoms with E-state index < -0.39 is 15.9 Å². The number of carbonyl (C=O) groups is 1. The molecule has 2 aromatic rings. The van der Waals surface area contributed by atoms with Crippen LogP contribution >= 0.6 is 23.2 Å². The molecule has 0 heterocycles. The lowest BCUT2D eigenvalue weighted by Crippen LogP contribution is -2.26. The fraction of sp³-hybridized carbons (Fsp3) is 0.188. The number of aryl methyl sites for hydroxylation is 1. The third-order valence-corrected chi connectivity index (χ3v) is 5.57. The predicted octanol–water partition coefficient (Wildman–Crippen LogP) is 2.82. The molecule has 0 radical (unpaired) electrons. The van der Waals surface area contributed by atoms with Gasteiger partial charge in [-0.3, -0.25) is 9.52 Å². The Bertz CT molecular complexity index is 901. The average molecular weight is 403 g/mol. The van der Waals surface area contributed by atoms with Crippen LogP contribution < -0.4 is 10.0 Å². The molecular formula is C16H16Cl2N2O4S. The Hall–Kier alpha value is -1.80. The SMILES string of the molecule is Cc1ccc(NS(=O)(=O)c2cc(C(=O)NCCO)ccc2Cl)cc1Cl. The Kier molecular flexibility index (Phi) is 6.29. The molecule has 9 heteroatoms. The number of hydrogen-bond donors (Lipinski definition) is 3. The Morgan fingerprint density at radius 3 is 2.48 bits per heavy atom. The fourth-order valence-corrected chi connectivity index (χ4v) is 3.75. The zero-order valence-corrected chi connectivity index (χ0v) is 15.5. The molecule has 134 valence electrons. The topological polar surface area (TPSA) is 95.5 Å². The van der Waals surface area contributed by atoms with Crippen molar-refractivity contribution < 1.29 is 18.3 Å². The molecule has 2 rings (SSSR count). The van der Waals surface area contributed by atoms with Crippen molar-refractivity contribution in [2.24, 2.45) is 0 Å². The van der Waals surface area contributed by atoms with E-state index in [-0.39, 0.29) is 34.3 Å². The summed E-state index contributed by atoms with van der Waals surface area (Å²) in [7, 11) is -4.02. The monoisotopic (exact) mass is 402 g/mol. The van der Waals surface area contributed by atoms with Crippen molar-refractivity contribution in [2.75, 3.05) is 17.9 Å². The average Bonchev–Trinajstić information content (AvgIpc) is 2.56. The summed E-state index contributed by atoms with van der Waals surface area (Å²) in [6.07, 6.45) is 0. The highest BCUT2D eigenvalue weighted by atomic mass is 35.5. The number of aliphatic hydroxyl groups is 1. The van der Waals surface area contributed by atoms with Gasteiger partial charge >= 0.3 is 0 Å². The molecule has 6 nitrogen and oxygen atoms in total. The van der Waals surface area contributed by atoms with E-state index in [0.717, 1.165) is 5.56 Å². The highest BCUT2D eigenvalue weighted by Gasteiger charge is 2.20. The molecule has 0 bridgehead atoms. The molecule has 0 aliphatic heterocycles. The van der Waals surface area contributed by atoms with Gasteiger partial charge in [-0.05, 0) is 42.8 Å². The first-order valence-corrected chi connectivity index (χ1v) is 9.46. The van der Waals surface area contributed by atoms with Crippen molar-refractivity contribution in [3.8, 4) is 0 Å². The highest BCUT2D eigenvalue weighted by Crippen LogP contribution is 2.27. The largest absolute Gasteiger partial charge is 0.395 e. The molecule has 0 fully saturated rings. The summed E-state index contributed by atoms with van der Waals surface area (Å²) in [6.45, 7) is 1.63. The Morgan fingerprint density at radius 1 is 1.12 bits per heavy atom. The summed E-state index contributed by atoms with van der Waals surface area (Å²) in [5.41, 5.74) is 1.20. The summed E-state index contributed by atoms with van der Waals surface area (Å²) in [5, 5.41) is 11.6. The fourth-order valence-electron chi connectivity index (χ4n) is 1.99. The number of aliphatic hydroxyl groups excluding tert-OH is 1. The van der Waals surface area contributed by atoms with E-state index in [1.54, 1.807) is 19.1 Å². The van der Waals surface area contributed by atoms with Crippen LogP contribution in [0.25, 0.3) is 0 Å². The molecule has 0 saturated carbocycles. The first kappa shape index (κ1) is 19.5. The van der Waals surface area contributed by atoms with Crippen LogP contribution in [0.2, 0.25) is 10.0 Å². The third kappa shape index (κ3) is 4.85. The van der Waals surface area contributed by atoms with Crippen molar-refractivity contribution in [2.45, 2.75) is 11.8 Å². The van der Waals surface area contributed by atoms with Gasteiger partial charge in [0.1, 0.15) is 4.90 Å². The molecule has 1 amide bonds. The van der Waals surface area contributed by atoms with Gasteiger partial charge in [-0.2, -0.15) is 0 Å². The van der Waals surface area contributed by atoms with Gasteiger partial charge in [0.2, 0.25) is 0 Å². The molecule has 0 spiro atoms. The first-order valence-electron chi connectivity index (χ1n) is 7.22. The maximum absolute atomic E-state index is 12.6. The summed E-state index contributed by atoms with van der Waals surface area (Å²) in [5.74, 6) is -0.513. The maximum atomic E-state index is 12.6. The third-order valence-electron chi connectivity index (χ3n) is 3.30. The normalized spacial score (nSPS) is 11.2. The van der Waals surface area contributed by atoms with Crippen molar-refractivity contribution >= 4 is 44.8 Å². The molecule has 0 aliphatic carbocycles. The standard InChI is InChI=1S/C16H16Cl2N2O4S/c1-10-2-4-12(9-14(10)18)20-25(23,24)15-8-11(3-5-13(15)17)16(22)19-6-7-21/h2-5,8-9,20-21H,6-7H2,1H3,(H,19,22). The Balaban J connectivity index is 2.34. The molecule has 0 atom stereocenters. The molecule has 0 aromatic heterocycles. The second-order valence-electron chi connectivity index (χ2n) is 5.19. The lowest BCUT2D eigenvalue weighted by Gasteiger charge is -2.12. The predicted molar refractivity (Wildman–Crippen MR) is 97.9 cm³/mol. The van der Waals surface area contributed by atoms with Crippen LogP contribution in [0.15, 0.2) is 41.3 Å². The van der Waals surface area contributed by atoms with E-state index in [1.165, 1.54) is 24.3 Å². The smallest absolute Gasteiger partial charge is 0.263 e. The van der Waals surface area contributed by atoms with Gasteiger partial charge in [-0.1, -0.05) is 29.3 Å². The second kappa shape index (κ2) is 8.05. The molecule has 3 N–H and O–H groups in total. The minimum Gasteiger partial charge on any atom is -0.395 e. The number of rotatable bonds is 6. The number of carbonyl (C=O) groups excluding carboxylic acids is 1. The number of amides is 1. The van der Waals surface area contributed by atoms with Crippen LogP contribution in [0.5, 0.6) is 0 Å². The zero-order valence-electron chi connectivity index (χ0n) is 13.2. The maximum Gasteiger partial charge on any atom is 0.263 e. The van der Waals surface area contributed by atoms with Gasteiger partial charge in [0, 0.05) is 17.1 Å². The minimum absolute atomic E-state index is 0.0237. The van der Waals surface area contributed by atoms with Crippen LogP contribution in [0, 0.1) is 6.92 Å². The van der Waals surface area contributed by atoms with Gasteiger partial charge in [-0.15, -0.1) is 0 Å². The van der Waals surface area contributed by atoms with E-state index in [9.17, 15) is 13.2 Å². The molecule has 0 unspecified atom stereocenters. The number of halogens is 2. The van der Waals surface area contributed by atoms with Gasteiger partial charge in [0.25, 0.3) is 15.9 Å². The lowest BCUT2D eigenvalue weighted by atomic mass is 10.2. The van der Waals surface area contributed by atoms with Gasteiger partial charge in [-0.25, -0.2) is 8.42 Å². The Morgan fingerprint density at radius 2 is 1.84 bits per heavy atom. The van der Waals surface area contributed by atoms with Crippen molar-refractivity contribution in [3.05, 3.63) is 57.6 Å². The van der Waals surface area contributed by atoms with Crippen LogP contribution in [-0.4, -0.2) is 32.6 Å². The van der Waals surface area contributed by atoms with Gasteiger partial charge in [0.05, 0.1) is 17.3 Å². The Labute approximate surface area is 155 Å². The summed E-state index contributed by atoms with van der Waals surface area (Å²) in [6, 6.07) is 8.64. The first-order chi connectivity index (χ1) is 11.7. The quantitative estimate of drug-likeness (QED) is 0.691. The number of benzene rings is 2. The van der Waals surface area contributed by atoms with Crippen LogP contribution in [-0.2, 0) is 10.0 Å². The van der Waals surface area contributed by atoms with E-state index in [4.69, 9.17) is 28.3 Å². The van der Waals surface area contributed by atoms with Gasteiger partial charge in [0.15, 0.2) is 0 Å². The molecular weight excluding hydrogens is 387 g/mol. The molecule has 0 aliphatic rings. The number of nitrogens with one attached hydrogen (secondary N) is 2. The summed E-state index contributed by atoms with van der Waals surface area (Å²) >= 11 is 12.0. The zero-order chi connectivity index (χ0) is 18.6. The van der Waals surface area contributed by atoms with Crippen molar-refractivity contribution in [3.63, 3.8) is 0 Å². The van der Waals surface area contributed by atoms with E-state index >= 15 is 0 Å².